The molecule has 1 aliphatic heterocycles. The number of hydrogen-bond donors (Lipinski definition) is 1. The highest BCUT2D eigenvalue weighted by Crippen LogP contribution is 2.45. The van der Waals surface area contributed by atoms with E-state index >= 15 is 0 Å². The molecule has 174 valence electrons. The number of aryl methyl sites for hydroxylation is 1. The number of likely N-dealkylation sites (N-methyl/N-ethyl adjacent to an activating group) is 1. The van der Waals surface area contributed by atoms with E-state index in [9.17, 15) is 9.59 Å². The van der Waals surface area contributed by atoms with Crippen molar-refractivity contribution >= 4 is 12.1 Å². The first-order chi connectivity index (χ1) is 15.3. The number of rotatable bonds is 5. The number of ether oxygens (including phenoxy) is 2. The molecule has 0 unspecified atom stereocenters. The summed E-state index contributed by atoms with van der Waals surface area (Å²) in [7, 11) is 3.20. The molecule has 1 saturated carbocycles. The van der Waals surface area contributed by atoms with Crippen LogP contribution in [0.3, 0.4) is 0 Å². The van der Waals surface area contributed by atoms with Gasteiger partial charge < -0.3 is 19.7 Å². The first kappa shape index (κ1) is 24.1. The van der Waals surface area contributed by atoms with Gasteiger partial charge in [0, 0.05) is 24.1 Å². The van der Waals surface area contributed by atoms with Crippen LogP contribution in [0, 0.1) is 30.6 Å². The van der Waals surface area contributed by atoms with E-state index in [4.69, 9.17) is 9.47 Å². The van der Waals surface area contributed by atoms with Crippen molar-refractivity contribution in [3.8, 4) is 11.8 Å². The van der Waals surface area contributed by atoms with E-state index in [0.29, 0.717) is 13.0 Å². The van der Waals surface area contributed by atoms with Gasteiger partial charge in [0.05, 0.1) is 7.11 Å². The fourth-order valence-corrected chi connectivity index (χ4v) is 5.18. The molecule has 32 heavy (non-hydrogen) atoms. The van der Waals surface area contributed by atoms with Crippen LogP contribution in [0.1, 0.15) is 57.1 Å². The second-order valence-electron chi connectivity index (χ2n) is 9.10. The molecule has 1 saturated heterocycles. The highest BCUT2D eigenvalue weighted by Gasteiger charge is 2.54. The van der Waals surface area contributed by atoms with Crippen molar-refractivity contribution in [2.24, 2.45) is 11.8 Å². The molecule has 2 fully saturated rings. The fraction of sp³-hybridized carbons (Fsp3) is 0.615. The van der Waals surface area contributed by atoms with Crippen LogP contribution < -0.4 is 5.32 Å². The lowest BCUT2D eigenvalue weighted by atomic mass is 9.72. The second kappa shape index (κ2) is 10.4. The zero-order valence-corrected chi connectivity index (χ0v) is 19.9. The largest absolute Gasteiger partial charge is 0.453 e. The van der Waals surface area contributed by atoms with Gasteiger partial charge in [-0.2, -0.15) is 0 Å². The number of likely N-dealkylation sites (tertiary alicyclic amines) is 1. The lowest BCUT2D eigenvalue weighted by Gasteiger charge is -2.43. The van der Waals surface area contributed by atoms with Gasteiger partial charge in [-0.05, 0) is 69.2 Å². The highest BCUT2D eigenvalue weighted by molar-refractivity contribution is 5.77. The van der Waals surface area contributed by atoms with Gasteiger partial charge in [-0.3, -0.25) is 4.79 Å². The first-order valence-electron chi connectivity index (χ1n) is 11.7. The molecule has 1 heterocycles. The third-order valence-corrected chi connectivity index (χ3v) is 7.10. The average molecular weight is 441 g/mol. The SMILES string of the molecule is CC[C@@H](C)[C@H](NC)C(=O)O[C@@]1(C#Cc2cccc(C)c2)CCC[C@@H]2[C@H]1CCN2C(=O)OC. The van der Waals surface area contributed by atoms with Crippen LogP contribution in [0.5, 0.6) is 0 Å². The summed E-state index contributed by atoms with van der Waals surface area (Å²) < 4.78 is 11.3. The molecule has 0 radical (unpaired) electrons. The van der Waals surface area contributed by atoms with Crippen molar-refractivity contribution in [1.29, 1.82) is 0 Å². The van der Waals surface area contributed by atoms with Gasteiger partial charge in [-0.25, -0.2) is 4.79 Å². The summed E-state index contributed by atoms with van der Waals surface area (Å²) in [4.78, 5) is 27.5. The van der Waals surface area contributed by atoms with Gasteiger partial charge in [0.25, 0.3) is 0 Å². The quantitative estimate of drug-likeness (QED) is 0.556. The molecule has 1 aromatic carbocycles. The minimum atomic E-state index is -0.922. The maximum absolute atomic E-state index is 13.3. The first-order valence-corrected chi connectivity index (χ1v) is 11.7. The number of nitrogens with zero attached hydrogens (tertiary/aromatic N) is 1. The number of hydrogen-bond acceptors (Lipinski definition) is 5. The Bertz CT molecular complexity index is 889. The molecule has 6 nitrogen and oxygen atoms in total. The lowest BCUT2D eigenvalue weighted by Crippen LogP contribution is -2.54. The highest BCUT2D eigenvalue weighted by atomic mass is 16.6. The summed E-state index contributed by atoms with van der Waals surface area (Å²) in [5.74, 6) is 6.52. The minimum Gasteiger partial charge on any atom is -0.453 e. The van der Waals surface area contributed by atoms with Crippen LogP contribution in [-0.2, 0) is 14.3 Å². The van der Waals surface area contributed by atoms with Gasteiger partial charge in [0.2, 0.25) is 0 Å². The Morgan fingerprint density at radius 2 is 2.12 bits per heavy atom. The molecule has 3 rings (SSSR count). The van der Waals surface area contributed by atoms with Gasteiger partial charge >= 0.3 is 12.1 Å². The molecule has 1 N–H and O–H groups in total. The molecule has 0 aromatic heterocycles. The maximum Gasteiger partial charge on any atom is 0.409 e. The van der Waals surface area contributed by atoms with Crippen LogP contribution in [0.25, 0.3) is 0 Å². The number of esters is 1. The van der Waals surface area contributed by atoms with Crippen molar-refractivity contribution in [3.63, 3.8) is 0 Å². The standard InChI is InChI=1S/C26H36N2O4/c1-6-19(3)23(27-4)24(29)32-26(15-12-20-10-7-9-18(2)17-20)14-8-11-22-21(26)13-16-28(22)25(30)31-5/h7,9-10,17,19,21-23,27H,6,8,11,13-14,16H2,1-5H3/t19-,21-,22-,23+,26-/m1/s1. The topological polar surface area (TPSA) is 67.9 Å². The van der Waals surface area contributed by atoms with E-state index in [1.165, 1.54) is 7.11 Å². The predicted octanol–water partition coefficient (Wildman–Crippen LogP) is 3.90. The molecule has 1 aromatic rings. The average Bonchev–Trinajstić information content (AvgIpc) is 3.23. The van der Waals surface area contributed by atoms with Crippen LogP contribution in [-0.4, -0.2) is 55.3 Å². The Morgan fingerprint density at radius 3 is 2.78 bits per heavy atom. The second-order valence-corrected chi connectivity index (χ2v) is 9.10. The number of carbonyl (C=O) groups is 2. The van der Waals surface area contributed by atoms with Crippen LogP contribution in [0.2, 0.25) is 0 Å². The Morgan fingerprint density at radius 1 is 1.34 bits per heavy atom. The zero-order chi connectivity index (χ0) is 23.3. The predicted molar refractivity (Wildman–Crippen MR) is 124 cm³/mol. The Hall–Kier alpha value is -2.52. The number of methoxy groups -OCH3 is 1. The smallest absolute Gasteiger partial charge is 0.409 e. The van der Waals surface area contributed by atoms with E-state index in [1.807, 2.05) is 38.1 Å². The normalized spacial score (nSPS) is 26.3. The van der Waals surface area contributed by atoms with Gasteiger partial charge in [0.1, 0.15) is 6.04 Å². The van der Waals surface area contributed by atoms with E-state index in [1.54, 1.807) is 11.9 Å². The van der Waals surface area contributed by atoms with Crippen molar-refractivity contribution < 1.29 is 19.1 Å². The van der Waals surface area contributed by atoms with Gasteiger partial charge in [0.15, 0.2) is 5.60 Å². The summed E-state index contributed by atoms with van der Waals surface area (Å²) in [6, 6.07) is 7.60. The molecule has 1 aliphatic carbocycles. The van der Waals surface area contributed by atoms with E-state index in [-0.39, 0.29) is 29.9 Å². The Labute approximate surface area is 192 Å². The number of fused-ring (bicyclic) bond motifs is 1. The van der Waals surface area contributed by atoms with Gasteiger partial charge in [-0.1, -0.05) is 38.3 Å². The zero-order valence-electron chi connectivity index (χ0n) is 19.9. The molecule has 6 heteroatoms. The fourth-order valence-electron chi connectivity index (χ4n) is 5.18. The van der Waals surface area contributed by atoms with E-state index < -0.39 is 11.6 Å². The van der Waals surface area contributed by atoms with Gasteiger partial charge in [-0.15, -0.1) is 0 Å². The summed E-state index contributed by atoms with van der Waals surface area (Å²) in [5, 5.41) is 3.13. The maximum atomic E-state index is 13.3. The Kier molecular flexibility index (Phi) is 7.84. The number of nitrogens with one attached hydrogen (secondary N) is 1. The molecule has 2 aliphatic rings. The van der Waals surface area contributed by atoms with Crippen molar-refractivity contribution in [2.75, 3.05) is 20.7 Å². The van der Waals surface area contributed by atoms with Crippen molar-refractivity contribution in [1.82, 2.24) is 10.2 Å². The number of benzene rings is 1. The minimum absolute atomic E-state index is 0.0348. The van der Waals surface area contributed by atoms with E-state index in [0.717, 1.165) is 36.8 Å². The molecular formula is C26H36N2O4. The third-order valence-electron chi connectivity index (χ3n) is 7.10. The third kappa shape index (κ3) is 4.94. The Balaban J connectivity index is 1.98. The lowest BCUT2D eigenvalue weighted by molar-refractivity contribution is -0.166. The summed E-state index contributed by atoms with van der Waals surface area (Å²) in [6.07, 6.45) is 3.65. The summed E-state index contributed by atoms with van der Waals surface area (Å²) in [6.45, 7) is 6.74. The number of amides is 1. The van der Waals surface area contributed by atoms with E-state index in [2.05, 4.69) is 24.1 Å². The molecular weight excluding hydrogens is 404 g/mol. The van der Waals surface area contributed by atoms with Crippen LogP contribution in [0.15, 0.2) is 24.3 Å². The number of carbonyl (C=O) groups excluding carboxylic acids is 2. The summed E-state index contributed by atoms with van der Waals surface area (Å²) >= 11 is 0. The van der Waals surface area contributed by atoms with Crippen LogP contribution in [0.4, 0.5) is 4.79 Å². The van der Waals surface area contributed by atoms with Crippen LogP contribution >= 0.6 is 0 Å². The molecule has 0 bridgehead atoms. The van der Waals surface area contributed by atoms with Crippen molar-refractivity contribution in [2.45, 2.75) is 70.6 Å². The van der Waals surface area contributed by atoms with Crippen molar-refractivity contribution in [3.05, 3.63) is 35.4 Å². The summed E-state index contributed by atoms with van der Waals surface area (Å²) in [5.41, 5.74) is 1.11. The molecule has 1 amide bonds. The molecule has 5 atom stereocenters. The molecule has 0 spiro atoms. The monoisotopic (exact) mass is 440 g/mol.